The molecule has 3 aromatic rings. The van der Waals surface area contributed by atoms with E-state index in [-0.39, 0.29) is 12.3 Å². The molecular formula is C23H24BrN3O2. The van der Waals surface area contributed by atoms with Gasteiger partial charge in [0.2, 0.25) is 5.91 Å². The van der Waals surface area contributed by atoms with E-state index in [1.54, 1.807) is 6.21 Å². The molecule has 0 aliphatic heterocycles. The number of aromatic nitrogens is 1. The van der Waals surface area contributed by atoms with Gasteiger partial charge in [-0.25, -0.2) is 5.43 Å². The highest BCUT2D eigenvalue weighted by Crippen LogP contribution is 2.22. The maximum absolute atomic E-state index is 12.1. The minimum Gasteiger partial charge on any atom is -0.494 e. The summed E-state index contributed by atoms with van der Waals surface area (Å²) in [6.45, 7) is 6.70. The summed E-state index contributed by atoms with van der Waals surface area (Å²) in [5, 5.41) is 4.14. The highest BCUT2D eigenvalue weighted by atomic mass is 79.9. The summed E-state index contributed by atoms with van der Waals surface area (Å²) in [7, 11) is 0. The van der Waals surface area contributed by atoms with E-state index in [0.717, 1.165) is 38.4 Å². The number of ether oxygens (including phenoxy) is 1. The lowest BCUT2D eigenvalue weighted by atomic mass is 10.1. The predicted octanol–water partition coefficient (Wildman–Crippen LogP) is 4.95. The van der Waals surface area contributed by atoms with E-state index in [2.05, 4.69) is 37.1 Å². The average molecular weight is 454 g/mol. The average Bonchev–Trinajstić information content (AvgIpc) is 2.98. The highest BCUT2D eigenvalue weighted by Gasteiger charge is 2.10. The zero-order valence-electron chi connectivity index (χ0n) is 16.8. The van der Waals surface area contributed by atoms with Gasteiger partial charge in [-0.05, 0) is 68.8 Å². The second-order valence-corrected chi connectivity index (χ2v) is 7.60. The molecule has 0 radical (unpaired) electrons. The summed E-state index contributed by atoms with van der Waals surface area (Å²) in [6, 6.07) is 17.7. The van der Waals surface area contributed by atoms with Gasteiger partial charge in [0.1, 0.15) is 5.75 Å². The molecule has 0 aliphatic carbocycles. The van der Waals surface area contributed by atoms with Gasteiger partial charge < -0.3 is 9.30 Å². The molecule has 0 fully saturated rings. The quantitative estimate of drug-likeness (QED) is 0.406. The van der Waals surface area contributed by atoms with Crippen LogP contribution in [-0.4, -0.2) is 23.3 Å². The van der Waals surface area contributed by atoms with E-state index in [0.29, 0.717) is 6.61 Å². The topological polar surface area (TPSA) is 55.6 Å². The molecule has 1 N–H and O–H groups in total. The molecule has 0 unspecified atom stereocenters. The van der Waals surface area contributed by atoms with Crippen LogP contribution < -0.4 is 10.2 Å². The molecule has 0 spiro atoms. The molecular weight excluding hydrogens is 430 g/mol. The van der Waals surface area contributed by atoms with Gasteiger partial charge in [0.15, 0.2) is 0 Å². The number of hydrogen-bond donors (Lipinski definition) is 1. The second-order valence-electron chi connectivity index (χ2n) is 6.69. The number of benzene rings is 2. The molecule has 1 heterocycles. The van der Waals surface area contributed by atoms with Crippen LogP contribution in [0.4, 0.5) is 0 Å². The number of carbonyl (C=O) groups excluding carboxylic acids is 1. The van der Waals surface area contributed by atoms with Crippen molar-refractivity contribution in [2.24, 2.45) is 5.10 Å². The van der Waals surface area contributed by atoms with Crippen LogP contribution in [0.5, 0.6) is 5.75 Å². The monoisotopic (exact) mass is 453 g/mol. The van der Waals surface area contributed by atoms with Gasteiger partial charge in [-0.1, -0.05) is 28.1 Å². The fraction of sp³-hybridized carbons (Fsp3) is 0.217. The Bertz CT molecular complexity index is 1010. The zero-order chi connectivity index (χ0) is 20.8. The van der Waals surface area contributed by atoms with Crippen molar-refractivity contribution >= 4 is 28.1 Å². The molecule has 5 nitrogen and oxygen atoms in total. The summed E-state index contributed by atoms with van der Waals surface area (Å²) >= 11 is 3.39. The molecule has 0 aliphatic rings. The number of rotatable bonds is 7. The molecule has 2 aromatic carbocycles. The summed E-state index contributed by atoms with van der Waals surface area (Å²) in [5.74, 6) is 0.706. The minimum absolute atomic E-state index is 0.149. The van der Waals surface area contributed by atoms with Crippen LogP contribution in [0.25, 0.3) is 5.69 Å². The molecule has 150 valence electrons. The standard InChI is InChI=1S/C23H24BrN3O2/c1-4-29-22-11-9-21(10-12-22)27-16(2)13-19(17(27)3)15-25-26-23(28)14-18-5-7-20(24)8-6-18/h5-13,15H,4,14H2,1-3H3,(H,26,28)/b25-15-. The third-order valence-corrected chi connectivity index (χ3v) is 5.08. The first kappa shape index (κ1) is 20.9. The normalized spacial score (nSPS) is 11.0. The van der Waals surface area contributed by atoms with Crippen molar-refractivity contribution in [1.82, 2.24) is 9.99 Å². The van der Waals surface area contributed by atoms with Gasteiger partial charge in [0, 0.05) is 27.1 Å². The van der Waals surface area contributed by atoms with Crippen LogP contribution in [0, 0.1) is 13.8 Å². The first-order valence-electron chi connectivity index (χ1n) is 9.46. The van der Waals surface area contributed by atoms with E-state index in [4.69, 9.17) is 4.74 Å². The maximum Gasteiger partial charge on any atom is 0.244 e. The van der Waals surface area contributed by atoms with Gasteiger partial charge in [-0.2, -0.15) is 5.10 Å². The van der Waals surface area contributed by atoms with E-state index in [9.17, 15) is 4.79 Å². The predicted molar refractivity (Wildman–Crippen MR) is 120 cm³/mol. The summed E-state index contributed by atoms with van der Waals surface area (Å²) in [6.07, 6.45) is 1.97. The smallest absolute Gasteiger partial charge is 0.244 e. The Morgan fingerprint density at radius 2 is 1.83 bits per heavy atom. The lowest BCUT2D eigenvalue weighted by Crippen LogP contribution is -2.19. The summed E-state index contributed by atoms with van der Waals surface area (Å²) in [5.41, 5.74) is 7.71. The van der Waals surface area contributed by atoms with E-state index in [1.807, 2.05) is 69.3 Å². The molecule has 29 heavy (non-hydrogen) atoms. The largest absolute Gasteiger partial charge is 0.494 e. The zero-order valence-corrected chi connectivity index (χ0v) is 18.4. The van der Waals surface area contributed by atoms with Gasteiger partial charge in [-0.3, -0.25) is 4.79 Å². The number of halogens is 1. The van der Waals surface area contributed by atoms with Crippen LogP contribution in [0.1, 0.15) is 29.4 Å². The van der Waals surface area contributed by atoms with Gasteiger partial charge in [-0.15, -0.1) is 0 Å². The third-order valence-electron chi connectivity index (χ3n) is 4.55. The molecule has 6 heteroatoms. The van der Waals surface area contributed by atoms with E-state index < -0.39 is 0 Å². The first-order chi connectivity index (χ1) is 14.0. The second kappa shape index (κ2) is 9.56. The number of nitrogens with zero attached hydrogens (tertiary/aromatic N) is 2. The molecule has 0 atom stereocenters. The van der Waals surface area contributed by atoms with Crippen molar-refractivity contribution in [3.8, 4) is 11.4 Å². The number of aryl methyl sites for hydroxylation is 1. The number of amides is 1. The molecule has 1 amide bonds. The molecule has 0 saturated heterocycles. The maximum atomic E-state index is 12.1. The van der Waals surface area contributed by atoms with Crippen molar-refractivity contribution in [3.05, 3.63) is 81.6 Å². The van der Waals surface area contributed by atoms with Crippen molar-refractivity contribution in [2.45, 2.75) is 27.2 Å². The van der Waals surface area contributed by atoms with Crippen LogP contribution in [0.15, 0.2) is 64.2 Å². The summed E-state index contributed by atoms with van der Waals surface area (Å²) in [4.78, 5) is 12.1. The number of carbonyl (C=O) groups is 1. The Morgan fingerprint density at radius 3 is 2.48 bits per heavy atom. The van der Waals surface area contributed by atoms with Gasteiger partial charge in [0.25, 0.3) is 0 Å². The lowest BCUT2D eigenvalue weighted by molar-refractivity contribution is -0.120. The Morgan fingerprint density at radius 1 is 1.14 bits per heavy atom. The van der Waals surface area contributed by atoms with Crippen LogP contribution in [0.3, 0.4) is 0 Å². The van der Waals surface area contributed by atoms with Crippen molar-refractivity contribution in [1.29, 1.82) is 0 Å². The van der Waals surface area contributed by atoms with Crippen molar-refractivity contribution in [3.63, 3.8) is 0 Å². The first-order valence-corrected chi connectivity index (χ1v) is 10.3. The van der Waals surface area contributed by atoms with Crippen LogP contribution in [0.2, 0.25) is 0 Å². The summed E-state index contributed by atoms with van der Waals surface area (Å²) < 4.78 is 8.66. The molecule has 1 aromatic heterocycles. The third kappa shape index (κ3) is 5.35. The van der Waals surface area contributed by atoms with Crippen LogP contribution >= 0.6 is 15.9 Å². The molecule has 0 saturated carbocycles. The number of nitrogens with one attached hydrogen (secondary N) is 1. The van der Waals surface area contributed by atoms with E-state index in [1.165, 1.54) is 0 Å². The number of hydrazone groups is 1. The van der Waals surface area contributed by atoms with E-state index >= 15 is 0 Å². The van der Waals surface area contributed by atoms with Crippen molar-refractivity contribution in [2.75, 3.05) is 6.61 Å². The SMILES string of the molecule is CCOc1ccc(-n2c(C)cc(/C=N\NC(=O)Cc3ccc(Br)cc3)c2C)cc1. The molecule has 0 bridgehead atoms. The molecule has 3 rings (SSSR count). The Hall–Kier alpha value is -2.86. The minimum atomic E-state index is -0.149. The van der Waals surface area contributed by atoms with Crippen molar-refractivity contribution < 1.29 is 9.53 Å². The number of hydrogen-bond acceptors (Lipinski definition) is 3. The Kier molecular flexibility index (Phi) is 6.88. The fourth-order valence-corrected chi connectivity index (χ4v) is 3.44. The highest BCUT2D eigenvalue weighted by molar-refractivity contribution is 9.10. The van der Waals surface area contributed by atoms with Crippen LogP contribution in [-0.2, 0) is 11.2 Å². The Balaban J connectivity index is 1.67. The van der Waals surface area contributed by atoms with Gasteiger partial charge >= 0.3 is 0 Å². The Labute approximate surface area is 179 Å². The van der Waals surface area contributed by atoms with Gasteiger partial charge in [0.05, 0.1) is 19.2 Å². The lowest BCUT2D eigenvalue weighted by Gasteiger charge is -2.10. The fourth-order valence-electron chi connectivity index (χ4n) is 3.17.